The summed E-state index contributed by atoms with van der Waals surface area (Å²) in [7, 11) is 0. The van der Waals surface area contributed by atoms with E-state index in [4.69, 9.17) is 9.98 Å². The van der Waals surface area contributed by atoms with Crippen LogP contribution >= 0.6 is 0 Å². The number of nitrogens with zero attached hydrogens (tertiary/aromatic N) is 2. The summed E-state index contributed by atoms with van der Waals surface area (Å²) in [6, 6.07) is 19.2. The topological polar surface area (TPSA) is 37.3 Å². The fourth-order valence-electron chi connectivity index (χ4n) is 4.24. The van der Waals surface area contributed by atoms with Crippen molar-refractivity contribution in [3.05, 3.63) is 88.2 Å². The van der Waals surface area contributed by atoms with E-state index in [1.807, 2.05) is 0 Å². The number of aromatic nitrogens is 1. The second-order valence-corrected chi connectivity index (χ2v) is 10.2. The lowest BCUT2D eigenvalue weighted by atomic mass is 9.93. The monoisotopic (exact) mass is 441 g/mol. The van der Waals surface area contributed by atoms with Crippen molar-refractivity contribution in [1.29, 1.82) is 0 Å². The maximum Gasteiger partial charge on any atom is 0.0846 e. The van der Waals surface area contributed by atoms with E-state index in [-0.39, 0.29) is 5.54 Å². The minimum absolute atomic E-state index is 0.327. The van der Waals surface area contributed by atoms with Crippen LogP contribution in [0.25, 0.3) is 0 Å². The zero-order valence-corrected chi connectivity index (χ0v) is 21.7. The Kier molecular flexibility index (Phi) is 7.41. The highest BCUT2D eigenvalue weighted by molar-refractivity contribution is 5.99. The number of para-hydroxylation sites is 2. The van der Waals surface area contributed by atoms with Crippen LogP contribution in [0.2, 0.25) is 0 Å². The lowest BCUT2D eigenvalue weighted by molar-refractivity contribution is 0.585. The van der Waals surface area contributed by atoms with Crippen LogP contribution in [0.15, 0.2) is 59.6 Å². The molecule has 0 bridgehead atoms. The molecule has 0 atom stereocenters. The van der Waals surface area contributed by atoms with Crippen molar-refractivity contribution < 1.29 is 0 Å². The van der Waals surface area contributed by atoms with E-state index in [2.05, 4.69) is 122 Å². The van der Waals surface area contributed by atoms with Gasteiger partial charge in [-0.3, -0.25) is 4.99 Å². The molecule has 33 heavy (non-hydrogen) atoms. The molecular weight excluding hydrogens is 402 g/mol. The Morgan fingerprint density at radius 1 is 0.818 bits per heavy atom. The first kappa shape index (κ1) is 24.7. The van der Waals surface area contributed by atoms with Crippen LogP contribution in [0.3, 0.4) is 0 Å². The molecule has 2 aromatic carbocycles. The van der Waals surface area contributed by atoms with Gasteiger partial charge in [-0.05, 0) is 80.8 Å². The Labute approximate surface area is 200 Å². The first-order valence-corrected chi connectivity index (χ1v) is 12.0. The molecule has 0 aliphatic heterocycles. The standard InChI is InChI=1S/C30H39N3/c1-19(2)24-15-11-16-25(20(3)4)29(24)31-23(7)26-17-12-18-27(32-26)30(8,9)33-28-21(5)13-10-14-22(28)6/h10-20,33H,1-9H3. The summed E-state index contributed by atoms with van der Waals surface area (Å²) < 4.78 is 0. The van der Waals surface area contributed by atoms with E-state index in [1.54, 1.807) is 0 Å². The molecule has 174 valence electrons. The lowest BCUT2D eigenvalue weighted by Crippen LogP contribution is -2.30. The smallest absolute Gasteiger partial charge is 0.0846 e. The van der Waals surface area contributed by atoms with Crippen LogP contribution in [0, 0.1) is 13.8 Å². The number of anilines is 1. The first-order valence-electron chi connectivity index (χ1n) is 12.0. The summed E-state index contributed by atoms with van der Waals surface area (Å²) in [6.45, 7) is 19.6. The molecule has 3 nitrogen and oxygen atoms in total. The molecule has 0 spiro atoms. The molecule has 0 unspecified atom stereocenters. The molecule has 0 aliphatic rings. The quantitative estimate of drug-likeness (QED) is 0.373. The van der Waals surface area contributed by atoms with Gasteiger partial charge in [0.05, 0.1) is 28.3 Å². The van der Waals surface area contributed by atoms with Gasteiger partial charge < -0.3 is 5.32 Å². The van der Waals surface area contributed by atoms with Gasteiger partial charge in [0.1, 0.15) is 0 Å². The van der Waals surface area contributed by atoms with Crippen LogP contribution in [0.1, 0.15) is 93.9 Å². The predicted octanol–water partition coefficient (Wildman–Crippen LogP) is 8.43. The SMILES string of the molecule is CC(=Nc1c(C(C)C)cccc1C(C)C)c1cccc(C(C)(C)Nc2c(C)cccc2C)n1. The van der Waals surface area contributed by atoms with Crippen LogP contribution in [-0.2, 0) is 5.54 Å². The largest absolute Gasteiger partial charge is 0.374 e. The van der Waals surface area contributed by atoms with Crippen molar-refractivity contribution in [3.63, 3.8) is 0 Å². The van der Waals surface area contributed by atoms with E-state index < -0.39 is 0 Å². The number of pyridine rings is 1. The fourth-order valence-corrected chi connectivity index (χ4v) is 4.24. The van der Waals surface area contributed by atoms with E-state index >= 15 is 0 Å². The molecular formula is C30H39N3. The highest BCUT2D eigenvalue weighted by atomic mass is 15.0. The number of hydrogen-bond acceptors (Lipinski definition) is 3. The molecule has 0 aliphatic carbocycles. The summed E-state index contributed by atoms with van der Waals surface area (Å²) in [6.07, 6.45) is 0. The summed E-state index contributed by atoms with van der Waals surface area (Å²) in [5, 5.41) is 3.73. The fraction of sp³-hybridized carbons (Fsp3) is 0.400. The predicted molar refractivity (Wildman–Crippen MR) is 143 cm³/mol. The Bertz CT molecular complexity index is 1110. The van der Waals surface area contributed by atoms with Gasteiger partial charge in [0.15, 0.2) is 0 Å². The second-order valence-electron chi connectivity index (χ2n) is 10.2. The average molecular weight is 442 g/mol. The van der Waals surface area contributed by atoms with E-state index in [1.165, 1.54) is 27.9 Å². The Balaban J connectivity index is 2.01. The maximum atomic E-state index is 5.14. The molecule has 3 heteroatoms. The third kappa shape index (κ3) is 5.52. The number of benzene rings is 2. The molecule has 0 saturated carbocycles. The van der Waals surface area contributed by atoms with Gasteiger partial charge in [-0.1, -0.05) is 70.2 Å². The Morgan fingerprint density at radius 2 is 1.33 bits per heavy atom. The number of aryl methyl sites for hydroxylation is 2. The normalized spacial score (nSPS) is 12.5. The van der Waals surface area contributed by atoms with Gasteiger partial charge in [-0.15, -0.1) is 0 Å². The van der Waals surface area contributed by atoms with Crippen molar-refractivity contribution >= 4 is 17.1 Å². The summed E-state index contributed by atoms with van der Waals surface area (Å²) in [5.74, 6) is 0.824. The van der Waals surface area contributed by atoms with Crippen molar-refractivity contribution in [3.8, 4) is 0 Å². The lowest BCUT2D eigenvalue weighted by Gasteiger charge is -2.29. The Hall–Kier alpha value is -2.94. The van der Waals surface area contributed by atoms with E-state index in [0.29, 0.717) is 11.8 Å². The number of aliphatic imine (C=N–C) groups is 1. The highest BCUT2D eigenvalue weighted by Crippen LogP contribution is 2.35. The van der Waals surface area contributed by atoms with Gasteiger partial charge in [-0.2, -0.15) is 0 Å². The average Bonchev–Trinajstić information content (AvgIpc) is 2.76. The molecule has 1 heterocycles. The van der Waals surface area contributed by atoms with Crippen molar-refractivity contribution in [2.45, 2.75) is 79.7 Å². The molecule has 0 amide bonds. The molecule has 1 N–H and O–H groups in total. The molecule has 3 rings (SSSR count). The van der Waals surface area contributed by atoms with Gasteiger partial charge in [0.2, 0.25) is 0 Å². The van der Waals surface area contributed by atoms with Crippen LogP contribution in [0.4, 0.5) is 11.4 Å². The van der Waals surface area contributed by atoms with Crippen molar-refractivity contribution in [1.82, 2.24) is 4.98 Å². The van der Waals surface area contributed by atoms with Gasteiger partial charge in [0, 0.05) is 5.69 Å². The number of nitrogens with one attached hydrogen (secondary N) is 1. The van der Waals surface area contributed by atoms with Gasteiger partial charge >= 0.3 is 0 Å². The molecule has 3 aromatic rings. The first-order chi connectivity index (χ1) is 15.5. The maximum absolute atomic E-state index is 5.14. The van der Waals surface area contributed by atoms with E-state index in [0.717, 1.165) is 22.8 Å². The summed E-state index contributed by atoms with van der Waals surface area (Å²) in [5.41, 5.74) is 9.85. The number of hydrogen-bond donors (Lipinski definition) is 1. The van der Waals surface area contributed by atoms with Crippen LogP contribution in [0.5, 0.6) is 0 Å². The van der Waals surface area contributed by atoms with Crippen LogP contribution in [-0.4, -0.2) is 10.7 Å². The van der Waals surface area contributed by atoms with Crippen molar-refractivity contribution in [2.75, 3.05) is 5.32 Å². The third-order valence-electron chi connectivity index (χ3n) is 6.30. The minimum Gasteiger partial charge on any atom is -0.374 e. The minimum atomic E-state index is -0.327. The summed E-state index contributed by atoms with van der Waals surface area (Å²) >= 11 is 0. The zero-order chi connectivity index (χ0) is 24.3. The second kappa shape index (κ2) is 9.91. The van der Waals surface area contributed by atoms with Crippen molar-refractivity contribution in [2.24, 2.45) is 4.99 Å². The molecule has 1 aromatic heterocycles. The molecule has 0 saturated heterocycles. The molecule has 0 fully saturated rings. The Morgan fingerprint density at radius 3 is 1.88 bits per heavy atom. The highest BCUT2D eigenvalue weighted by Gasteiger charge is 2.24. The van der Waals surface area contributed by atoms with Crippen LogP contribution < -0.4 is 5.32 Å². The van der Waals surface area contributed by atoms with Gasteiger partial charge in [0.25, 0.3) is 0 Å². The van der Waals surface area contributed by atoms with Gasteiger partial charge in [-0.25, -0.2) is 4.98 Å². The molecule has 0 radical (unpaired) electrons. The summed E-state index contributed by atoms with van der Waals surface area (Å²) in [4.78, 5) is 10.2. The number of rotatable bonds is 7. The third-order valence-corrected chi connectivity index (χ3v) is 6.30. The zero-order valence-electron chi connectivity index (χ0n) is 21.7. The van der Waals surface area contributed by atoms with E-state index in [9.17, 15) is 0 Å².